The van der Waals surface area contributed by atoms with E-state index in [-0.39, 0.29) is 0 Å². The lowest BCUT2D eigenvalue weighted by Gasteiger charge is -2.24. The Morgan fingerprint density at radius 1 is 1.50 bits per heavy atom. The lowest BCUT2D eigenvalue weighted by Crippen LogP contribution is -2.54. The molecule has 0 radical (unpaired) electrons. The van der Waals surface area contributed by atoms with E-state index in [1.54, 1.807) is 6.92 Å². The Labute approximate surface area is 95.6 Å². The number of amides is 2. The minimum absolute atomic E-state index is 0.320. The average molecular weight is 226 g/mol. The van der Waals surface area contributed by atoms with Gasteiger partial charge in [-0.25, -0.2) is 9.59 Å². The van der Waals surface area contributed by atoms with Gasteiger partial charge in [0.2, 0.25) is 0 Å². The summed E-state index contributed by atoms with van der Waals surface area (Å²) in [6.07, 6.45) is 6.64. The largest absolute Gasteiger partial charge is 0.480 e. The number of unbranched alkanes of at least 4 members (excludes halogenated alkanes) is 1. The third-order valence-electron chi connectivity index (χ3n) is 2.35. The van der Waals surface area contributed by atoms with Crippen LogP contribution in [0, 0.1) is 12.3 Å². The van der Waals surface area contributed by atoms with Crippen LogP contribution in [0.1, 0.15) is 33.1 Å². The van der Waals surface area contributed by atoms with Crippen molar-refractivity contribution in [2.75, 3.05) is 6.54 Å². The Morgan fingerprint density at radius 3 is 2.56 bits per heavy atom. The summed E-state index contributed by atoms with van der Waals surface area (Å²) in [6, 6.07) is -0.483. The van der Waals surface area contributed by atoms with Crippen LogP contribution in [-0.2, 0) is 4.79 Å². The molecule has 0 aromatic rings. The average Bonchev–Trinajstić information content (AvgIpc) is 2.24. The highest BCUT2D eigenvalue weighted by atomic mass is 16.4. The van der Waals surface area contributed by atoms with Gasteiger partial charge in [0.1, 0.15) is 5.54 Å². The van der Waals surface area contributed by atoms with Crippen molar-refractivity contribution < 1.29 is 14.7 Å². The number of urea groups is 1. The van der Waals surface area contributed by atoms with Crippen LogP contribution in [0.25, 0.3) is 0 Å². The molecule has 5 heteroatoms. The maximum atomic E-state index is 11.3. The summed E-state index contributed by atoms with van der Waals surface area (Å²) in [7, 11) is 0. The number of carbonyl (C=O) groups is 2. The molecule has 0 aliphatic heterocycles. The first-order valence-corrected chi connectivity index (χ1v) is 5.19. The van der Waals surface area contributed by atoms with Gasteiger partial charge in [-0.2, -0.15) is 0 Å². The van der Waals surface area contributed by atoms with Crippen LogP contribution in [0.4, 0.5) is 4.79 Å². The van der Waals surface area contributed by atoms with Gasteiger partial charge in [0, 0.05) is 13.0 Å². The fraction of sp³-hybridized carbons (Fsp3) is 0.636. The Kier molecular flexibility index (Phi) is 6.01. The zero-order valence-corrected chi connectivity index (χ0v) is 9.67. The van der Waals surface area contributed by atoms with Gasteiger partial charge in [0.05, 0.1) is 0 Å². The van der Waals surface area contributed by atoms with Gasteiger partial charge in [0.25, 0.3) is 0 Å². The number of rotatable bonds is 6. The van der Waals surface area contributed by atoms with Crippen molar-refractivity contribution in [3.63, 3.8) is 0 Å². The summed E-state index contributed by atoms with van der Waals surface area (Å²) in [4.78, 5) is 22.2. The molecule has 0 bridgehead atoms. The highest BCUT2D eigenvalue weighted by Crippen LogP contribution is 2.08. The first-order chi connectivity index (χ1) is 7.46. The number of terminal acetylenes is 1. The van der Waals surface area contributed by atoms with Crippen LogP contribution >= 0.6 is 0 Å². The minimum Gasteiger partial charge on any atom is -0.480 e. The fourth-order valence-corrected chi connectivity index (χ4v) is 0.980. The Morgan fingerprint density at radius 2 is 2.12 bits per heavy atom. The van der Waals surface area contributed by atoms with Crippen molar-refractivity contribution in [2.24, 2.45) is 0 Å². The molecule has 0 saturated heterocycles. The summed E-state index contributed by atoms with van der Waals surface area (Å²) in [5, 5.41) is 13.9. The number of aliphatic carboxylic acids is 1. The second-order valence-corrected chi connectivity index (χ2v) is 3.68. The van der Waals surface area contributed by atoms with Crippen LogP contribution in [0.15, 0.2) is 0 Å². The minimum atomic E-state index is -1.23. The van der Waals surface area contributed by atoms with E-state index in [9.17, 15) is 9.59 Å². The molecule has 0 heterocycles. The zero-order chi connectivity index (χ0) is 12.6. The Hall–Kier alpha value is -1.70. The molecule has 0 aromatic carbocycles. The van der Waals surface area contributed by atoms with Crippen molar-refractivity contribution in [1.82, 2.24) is 10.6 Å². The van der Waals surface area contributed by atoms with Crippen molar-refractivity contribution in [1.29, 1.82) is 0 Å². The fourth-order valence-electron chi connectivity index (χ4n) is 0.980. The van der Waals surface area contributed by atoms with Gasteiger partial charge in [-0.15, -0.1) is 12.3 Å². The van der Waals surface area contributed by atoms with E-state index in [0.29, 0.717) is 25.8 Å². The molecule has 0 rings (SSSR count). The van der Waals surface area contributed by atoms with Crippen LogP contribution in [0.2, 0.25) is 0 Å². The van der Waals surface area contributed by atoms with E-state index in [0.717, 1.165) is 0 Å². The number of hydrogen-bond acceptors (Lipinski definition) is 2. The summed E-state index contributed by atoms with van der Waals surface area (Å²) < 4.78 is 0. The second kappa shape index (κ2) is 6.72. The predicted octanol–water partition coefficient (Wildman–Crippen LogP) is 0.952. The highest BCUT2D eigenvalue weighted by Gasteiger charge is 2.32. The first kappa shape index (κ1) is 14.3. The molecule has 0 fully saturated rings. The van der Waals surface area contributed by atoms with E-state index < -0.39 is 17.5 Å². The van der Waals surface area contributed by atoms with Crippen LogP contribution in [-0.4, -0.2) is 29.2 Å². The second-order valence-electron chi connectivity index (χ2n) is 3.68. The van der Waals surface area contributed by atoms with Gasteiger partial charge in [-0.3, -0.25) is 0 Å². The van der Waals surface area contributed by atoms with Gasteiger partial charge < -0.3 is 15.7 Å². The normalized spacial score (nSPS) is 13.3. The molecular formula is C11H18N2O3. The molecule has 2 amide bonds. The summed E-state index contributed by atoms with van der Waals surface area (Å²) in [5.41, 5.74) is -1.23. The number of hydrogen-bond donors (Lipinski definition) is 3. The molecular weight excluding hydrogens is 208 g/mol. The lowest BCUT2D eigenvalue weighted by atomic mass is 10.00. The molecule has 0 aromatic heterocycles. The Balaban J connectivity index is 4.03. The lowest BCUT2D eigenvalue weighted by molar-refractivity contribution is -0.143. The quantitative estimate of drug-likeness (QED) is 0.466. The SMILES string of the molecule is C#CCCCNC(=O)NC(C)(CC)C(=O)O. The van der Waals surface area contributed by atoms with Crippen LogP contribution in [0.5, 0.6) is 0 Å². The van der Waals surface area contributed by atoms with Crippen molar-refractivity contribution in [3.8, 4) is 12.3 Å². The molecule has 0 spiro atoms. The predicted molar refractivity (Wildman–Crippen MR) is 60.9 cm³/mol. The maximum absolute atomic E-state index is 11.3. The first-order valence-electron chi connectivity index (χ1n) is 5.19. The van der Waals surface area contributed by atoms with E-state index in [1.165, 1.54) is 6.92 Å². The topological polar surface area (TPSA) is 78.4 Å². The molecule has 0 aliphatic carbocycles. The molecule has 1 atom stereocenters. The van der Waals surface area contributed by atoms with Gasteiger partial charge in [0.15, 0.2) is 0 Å². The summed E-state index contributed by atoms with van der Waals surface area (Å²) in [5.74, 6) is 1.41. The molecule has 0 saturated carbocycles. The molecule has 3 N–H and O–H groups in total. The third-order valence-corrected chi connectivity index (χ3v) is 2.35. The van der Waals surface area contributed by atoms with E-state index in [4.69, 9.17) is 11.5 Å². The maximum Gasteiger partial charge on any atom is 0.329 e. The van der Waals surface area contributed by atoms with Gasteiger partial charge in [-0.1, -0.05) is 6.92 Å². The van der Waals surface area contributed by atoms with E-state index in [2.05, 4.69) is 16.6 Å². The molecule has 1 unspecified atom stereocenters. The van der Waals surface area contributed by atoms with Crippen molar-refractivity contribution >= 4 is 12.0 Å². The molecule has 0 aliphatic rings. The zero-order valence-electron chi connectivity index (χ0n) is 9.67. The van der Waals surface area contributed by atoms with Crippen LogP contribution < -0.4 is 10.6 Å². The number of carbonyl (C=O) groups excluding carboxylic acids is 1. The number of carboxylic acid groups (broad SMARTS) is 1. The van der Waals surface area contributed by atoms with Crippen molar-refractivity contribution in [2.45, 2.75) is 38.6 Å². The molecule has 90 valence electrons. The van der Waals surface area contributed by atoms with Gasteiger partial charge in [-0.05, 0) is 19.8 Å². The molecule has 16 heavy (non-hydrogen) atoms. The van der Waals surface area contributed by atoms with Crippen molar-refractivity contribution in [3.05, 3.63) is 0 Å². The Bertz CT molecular complexity index is 296. The van der Waals surface area contributed by atoms with E-state index >= 15 is 0 Å². The summed E-state index contributed by atoms with van der Waals surface area (Å²) >= 11 is 0. The summed E-state index contributed by atoms with van der Waals surface area (Å²) in [6.45, 7) is 3.61. The number of carboxylic acids is 1. The van der Waals surface area contributed by atoms with E-state index in [1.807, 2.05) is 0 Å². The monoisotopic (exact) mass is 226 g/mol. The molecule has 5 nitrogen and oxygen atoms in total. The smallest absolute Gasteiger partial charge is 0.329 e. The standard InChI is InChI=1S/C11H18N2O3/c1-4-6-7-8-12-10(16)13-11(3,5-2)9(14)15/h1H,5-8H2,2-3H3,(H,14,15)(H2,12,13,16). The number of nitrogens with one attached hydrogen (secondary N) is 2. The third kappa shape index (κ3) is 4.69. The van der Waals surface area contributed by atoms with Crippen LogP contribution in [0.3, 0.4) is 0 Å². The highest BCUT2D eigenvalue weighted by molar-refractivity contribution is 5.85. The van der Waals surface area contributed by atoms with Gasteiger partial charge >= 0.3 is 12.0 Å².